The lowest BCUT2D eigenvalue weighted by Gasteiger charge is -2.37. The zero-order chi connectivity index (χ0) is 13.2. The zero-order valence-corrected chi connectivity index (χ0v) is 12.0. The van der Waals surface area contributed by atoms with Gasteiger partial charge in [0.2, 0.25) is 0 Å². The van der Waals surface area contributed by atoms with Crippen molar-refractivity contribution in [2.24, 2.45) is 5.41 Å². The fourth-order valence-corrected chi connectivity index (χ4v) is 1.92. The fraction of sp³-hybridized carbons (Fsp3) is 0.571. The van der Waals surface area contributed by atoms with Crippen molar-refractivity contribution in [3.8, 4) is 0 Å². The van der Waals surface area contributed by atoms with Crippen LogP contribution in [0.5, 0.6) is 0 Å². The van der Waals surface area contributed by atoms with E-state index in [0.29, 0.717) is 11.1 Å². The monoisotopic (exact) mass is 255 g/mol. The van der Waals surface area contributed by atoms with Crippen molar-refractivity contribution in [2.45, 2.75) is 40.3 Å². The highest BCUT2D eigenvalue weighted by molar-refractivity contribution is 6.31. The number of anilines is 1. The highest BCUT2D eigenvalue weighted by Crippen LogP contribution is 2.29. The average molecular weight is 256 g/mol. The molecule has 0 saturated heterocycles. The van der Waals surface area contributed by atoms with Gasteiger partial charge >= 0.3 is 0 Å². The van der Waals surface area contributed by atoms with Crippen molar-refractivity contribution in [1.82, 2.24) is 0 Å². The van der Waals surface area contributed by atoms with Crippen LogP contribution in [-0.2, 0) is 6.61 Å². The van der Waals surface area contributed by atoms with E-state index in [1.54, 1.807) is 0 Å². The van der Waals surface area contributed by atoms with E-state index in [1.165, 1.54) is 0 Å². The minimum Gasteiger partial charge on any atom is -0.392 e. The first-order chi connectivity index (χ1) is 7.77. The SMILES string of the molecule is CC(N(C)c1ccc(CO)c(Cl)c1)C(C)(C)C. The van der Waals surface area contributed by atoms with Gasteiger partial charge in [-0.05, 0) is 30.0 Å². The molecule has 2 nitrogen and oxygen atoms in total. The largest absolute Gasteiger partial charge is 0.392 e. The highest BCUT2D eigenvalue weighted by atomic mass is 35.5. The summed E-state index contributed by atoms with van der Waals surface area (Å²) < 4.78 is 0. The maximum Gasteiger partial charge on any atom is 0.0696 e. The van der Waals surface area contributed by atoms with Gasteiger partial charge in [-0.2, -0.15) is 0 Å². The smallest absolute Gasteiger partial charge is 0.0696 e. The molecule has 1 atom stereocenters. The lowest BCUT2D eigenvalue weighted by Crippen LogP contribution is -2.39. The van der Waals surface area contributed by atoms with Gasteiger partial charge in [-0.15, -0.1) is 0 Å². The molecule has 0 aliphatic carbocycles. The van der Waals surface area contributed by atoms with Crippen LogP contribution in [0.4, 0.5) is 5.69 Å². The van der Waals surface area contributed by atoms with Gasteiger partial charge in [0.25, 0.3) is 0 Å². The zero-order valence-electron chi connectivity index (χ0n) is 11.3. The Bertz CT molecular complexity index is 384. The van der Waals surface area contributed by atoms with Crippen molar-refractivity contribution in [3.63, 3.8) is 0 Å². The molecule has 17 heavy (non-hydrogen) atoms. The Balaban J connectivity index is 2.97. The summed E-state index contributed by atoms with van der Waals surface area (Å²) in [4.78, 5) is 2.22. The molecule has 1 aromatic rings. The molecule has 3 heteroatoms. The predicted molar refractivity (Wildman–Crippen MR) is 74.7 cm³/mol. The normalized spacial score (nSPS) is 13.6. The molecule has 96 valence electrons. The molecule has 0 aliphatic heterocycles. The lowest BCUT2D eigenvalue weighted by molar-refractivity contribution is 0.282. The van der Waals surface area contributed by atoms with E-state index < -0.39 is 0 Å². The summed E-state index contributed by atoms with van der Waals surface area (Å²) >= 11 is 6.11. The summed E-state index contributed by atoms with van der Waals surface area (Å²) in [5.74, 6) is 0. The lowest BCUT2D eigenvalue weighted by atomic mass is 9.87. The number of hydrogen-bond donors (Lipinski definition) is 1. The number of rotatable bonds is 3. The van der Waals surface area contributed by atoms with Crippen LogP contribution in [0.2, 0.25) is 5.02 Å². The summed E-state index contributed by atoms with van der Waals surface area (Å²) in [5, 5.41) is 9.71. The van der Waals surface area contributed by atoms with Gasteiger partial charge in [0, 0.05) is 23.8 Å². The molecular formula is C14H22ClNO. The van der Waals surface area contributed by atoms with Crippen molar-refractivity contribution >= 4 is 17.3 Å². The molecule has 1 N–H and O–H groups in total. The second-order valence-electron chi connectivity index (χ2n) is 5.59. The van der Waals surface area contributed by atoms with Gasteiger partial charge < -0.3 is 10.0 Å². The molecule has 0 spiro atoms. The standard InChI is InChI=1S/C14H22ClNO/c1-10(14(2,3)4)16(5)12-7-6-11(9-17)13(15)8-12/h6-8,10,17H,9H2,1-5H3. The third kappa shape index (κ3) is 3.36. The summed E-state index contributed by atoms with van der Waals surface area (Å²) in [6.07, 6.45) is 0. The van der Waals surface area contributed by atoms with Crippen LogP contribution in [0.3, 0.4) is 0 Å². The molecule has 0 saturated carbocycles. The molecule has 0 heterocycles. The Morgan fingerprint density at radius 3 is 2.35 bits per heavy atom. The quantitative estimate of drug-likeness (QED) is 0.890. The Morgan fingerprint density at radius 2 is 1.94 bits per heavy atom. The van der Waals surface area contributed by atoms with Crippen LogP contribution >= 0.6 is 11.6 Å². The van der Waals surface area contributed by atoms with Crippen molar-refractivity contribution in [1.29, 1.82) is 0 Å². The maximum absolute atomic E-state index is 9.09. The molecule has 0 aromatic heterocycles. The Kier molecular flexibility index (Phi) is 4.45. The average Bonchev–Trinajstić information content (AvgIpc) is 2.25. The maximum atomic E-state index is 9.09. The molecule has 1 rings (SSSR count). The van der Waals surface area contributed by atoms with Crippen LogP contribution in [-0.4, -0.2) is 18.2 Å². The van der Waals surface area contributed by atoms with Gasteiger partial charge in [-0.3, -0.25) is 0 Å². The van der Waals surface area contributed by atoms with Crippen LogP contribution in [0, 0.1) is 5.41 Å². The number of halogens is 1. The van der Waals surface area contributed by atoms with E-state index in [0.717, 1.165) is 11.3 Å². The Labute approximate surface area is 109 Å². The molecule has 1 unspecified atom stereocenters. The van der Waals surface area contributed by atoms with Gasteiger partial charge in [-0.1, -0.05) is 38.4 Å². The topological polar surface area (TPSA) is 23.5 Å². The molecular weight excluding hydrogens is 234 g/mol. The third-order valence-corrected chi connectivity index (χ3v) is 3.80. The molecule has 0 radical (unpaired) electrons. The molecule has 0 aliphatic rings. The van der Waals surface area contributed by atoms with Crippen LogP contribution < -0.4 is 4.90 Å². The Morgan fingerprint density at radius 1 is 1.35 bits per heavy atom. The molecule has 0 fully saturated rings. The molecule has 0 bridgehead atoms. The fourth-order valence-electron chi connectivity index (χ4n) is 1.69. The number of aliphatic hydroxyl groups is 1. The van der Waals surface area contributed by atoms with Crippen LogP contribution in [0.1, 0.15) is 33.3 Å². The first kappa shape index (κ1) is 14.3. The summed E-state index contributed by atoms with van der Waals surface area (Å²) in [6.45, 7) is 8.85. The van der Waals surface area contributed by atoms with E-state index >= 15 is 0 Å². The van der Waals surface area contributed by atoms with Gasteiger partial charge in [0.1, 0.15) is 0 Å². The summed E-state index contributed by atoms with van der Waals surface area (Å²) in [6, 6.07) is 6.19. The summed E-state index contributed by atoms with van der Waals surface area (Å²) in [5.41, 5.74) is 2.05. The van der Waals surface area contributed by atoms with Crippen molar-refractivity contribution < 1.29 is 5.11 Å². The second-order valence-corrected chi connectivity index (χ2v) is 5.99. The highest BCUT2D eigenvalue weighted by Gasteiger charge is 2.24. The minimum atomic E-state index is -0.0162. The van der Waals surface area contributed by atoms with E-state index in [2.05, 4.69) is 39.6 Å². The summed E-state index contributed by atoms with van der Waals surface area (Å²) in [7, 11) is 2.07. The van der Waals surface area contributed by atoms with Crippen molar-refractivity contribution in [2.75, 3.05) is 11.9 Å². The van der Waals surface area contributed by atoms with E-state index in [-0.39, 0.29) is 12.0 Å². The van der Waals surface area contributed by atoms with Crippen LogP contribution in [0.25, 0.3) is 0 Å². The number of benzene rings is 1. The Hall–Kier alpha value is -0.730. The third-order valence-electron chi connectivity index (χ3n) is 3.45. The van der Waals surface area contributed by atoms with Crippen LogP contribution in [0.15, 0.2) is 18.2 Å². The number of hydrogen-bond acceptors (Lipinski definition) is 2. The number of aliphatic hydroxyl groups excluding tert-OH is 1. The first-order valence-electron chi connectivity index (χ1n) is 5.89. The number of nitrogens with zero attached hydrogens (tertiary/aromatic N) is 1. The van der Waals surface area contributed by atoms with E-state index in [9.17, 15) is 0 Å². The first-order valence-corrected chi connectivity index (χ1v) is 6.27. The van der Waals surface area contributed by atoms with Crippen molar-refractivity contribution in [3.05, 3.63) is 28.8 Å². The van der Waals surface area contributed by atoms with E-state index in [4.69, 9.17) is 16.7 Å². The minimum absolute atomic E-state index is 0.0162. The second kappa shape index (κ2) is 5.28. The molecule has 0 amide bonds. The van der Waals surface area contributed by atoms with Gasteiger partial charge in [0.05, 0.1) is 6.61 Å². The van der Waals surface area contributed by atoms with E-state index in [1.807, 2.05) is 18.2 Å². The van der Waals surface area contributed by atoms with Gasteiger partial charge in [0.15, 0.2) is 0 Å². The van der Waals surface area contributed by atoms with Gasteiger partial charge in [-0.25, -0.2) is 0 Å². The predicted octanol–water partition coefficient (Wildman–Crippen LogP) is 3.70. The molecule has 1 aromatic carbocycles.